The summed E-state index contributed by atoms with van der Waals surface area (Å²) in [5, 5.41) is 3.11. The van der Waals surface area contributed by atoms with E-state index in [1.807, 2.05) is 20.8 Å². The average Bonchev–Trinajstić information content (AvgIpc) is 2.65. The summed E-state index contributed by atoms with van der Waals surface area (Å²) in [5.74, 6) is 0.232. The van der Waals surface area contributed by atoms with Gasteiger partial charge in [0.05, 0.1) is 0 Å². The molecule has 1 aliphatic carbocycles. The van der Waals surface area contributed by atoms with Gasteiger partial charge in [-0.15, -0.1) is 0 Å². The fourth-order valence-electron chi connectivity index (χ4n) is 1.86. The van der Waals surface area contributed by atoms with Gasteiger partial charge in [-0.2, -0.15) is 0 Å². The predicted octanol–water partition coefficient (Wildman–Crippen LogP) is 1.08. The van der Waals surface area contributed by atoms with E-state index < -0.39 is 0 Å². The van der Waals surface area contributed by atoms with E-state index in [1.165, 1.54) is 0 Å². The third kappa shape index (κ3) is 3.08. The second kappa shape index (κ2) is 5.68. The highest BCUT2D eigenvalue weighted by molar-refractivity contribution is 5.93. The lowest BCUT2D eigenvalue weighted by molar-refractivity contribution is -0.132. The van der Waals surface area contributed by atoms with Crippen LogP contribution in [0.4, 0.5) is 0 Å². The van der Waals surface area contributed by atoms with Crippen molar-refractivity contribution in [1.82, 2.24) is 10.2 Å². The van der Waals surface area contributed by atoms with Gasteiger partial charge in [-0.3, -0.25) is 9.59 Å². The van der Waals surface area contributed by atoms with Gasteiger partial charge in [-0.05, 0) is 27.2 Å². The highest BCUT2D eigenvalue weighted by Crippen LogP contribution is 2.12. The van der Waals surface area contributed by atoms with Gasteiger partial charge in [-0.25, -0.2) is 0 Å². The molecular formula is C12H20N2O2. The molecule has 0 heterocycles. The monoisotopic (exact) mass is 224 g/mol. The van der Waals surface area contributed by atoms with Crippen molar-refractivity contribution in [2.75, 3.05) is 13.1 Å². The number of likely N-dealkylation sites (N-methyl/N-ethyl adjacent to an activating group) is 1. The summed E-state index contributed by atoms with van der Waals surface area (Å²) in [4.78, 5) is 24.8. The Morgan fingerprint density at radius 1 is 1.44 bits per heavy atom. The zero-order chi connectivity index (χ0) is 12.1. The molecule has 0 aliphatic heterocycles. The maximum absolute atomic E-state index is 11.9. The van der Waals surface area contributed by atoms with Gasteiger partial charge in [0.15, 0.2) is 5.78 Å². The van der Waals surface area contributed by atoms with Crippen LogP contribution in [-0.2, 0) is 9.59 Å². The lowest BCUT2D eigenvalue weighted by Crippen LogP contribution is -2.44. The van der Waals surface area contributed by atoms with Crippen LogP contribution in [0.15, 0.2) is 11.8 Å². The number of carbonyl (C=O) groups excluding carboxylic acids is 2. The molecule has 0 spiro atoms. The largest absolute Gasteiger partial charge is 0.377 e. The van der Waals surface area contributed by atoms with Gasteiger partial charge >= 0.3 is 0 Å². The molecule has 16 heavy (non-hydrogen) atoms. The maximum atomic E-state index is 11.9. The second-order valence-electron chi connectivity index (χ2n) is 4.01. The molecule has 1 amide bonds. The van der Waals surface area contributed by atoms with Crippen LogP contribution < -0.4 is 5.32 Å². The van der Waals surface area contributed by atoms with E-state index in [2.05, 4.69) is 5.32 Å². The normalized spacial score (nSPS) is 16.9. The minimum absolute atomic E-state index is 0.0882. The number of carbonyl (C=O) groups is 2. The summed E-state index contributed by atoms with van der Waals surface area (Å²) in [5.41, 5.74) is 0.887. The molecular weight excluding hydrogens is 204 g/mol. The highest BCUT2D eigenvalue weighted by atomic mass is 16.2. The van der Waals surface area contributed by atoms with Crippen molar-refractivity contribution in [2.24, 2.45) is 0 Å². The van der Waals surface area contributed by atoms with Crippen molar-refractivity contribution in [3.05, 3.63) is 11.8 Å². The van der Waals surface area contributed by atoms with E-state index in [0.29, 0.717) is 6.42 Å². The van der Waals surface area contributed by atoms with Gasteiger partial charge in [0.2, 0.25) is 5.91 Å². The van der Waals surface area contributed by atoms with Crippen molar-refractivity contribution in [3.8, 4) is 0 Å². The van der Waals surface area contributed by atoms with Crippen LogP contribution in [0.5, 0.6) is 0 Å². The van der Waals surface area contributed by atoms with Crippen LogP contribution in [0.25, 0.3) is 0 Å². The number of hydrogen-bond donors (Lipinski definition) is 1. The first-order valence-corrected chi connectivity index (χ1v) is 5.87. The number of nitrogens with zero attached hydrogens (tertiary/aromatic N) is 1. The molecule has 4 heteroatoms. The standard InChI is InChI=1S/C12H20N2O2/c1-4-14(5-2)12(16)9(3)13-10-6-7-11(15)8-10/h8-9,13H,4-7H2,1-3H3. The second-order valence-corrected chi connectivity index (χ2v) is 4.01. The van der Waals surface area contributed by atoms with Crippen LogP contribution >= 0.6 is 0 Å². The molecule has 0 aromatic rings. The third-order valence-electron chi connectivity index (χ3n) is 2.82. The topological polar surface area (TPSA) is 49.4 Å². The van der Waals surface area contributed by atoms with Gasteiger partial charge in [0, 0.05) is 31.3 Å². The van der Waals surface area contributed by atoms with E-state index >= 15 is 0 Å². The minimum atomic E-state index is -0.253. The molecule has 0 aromatic carbocycles. The molecule has 0 radical (unpaired) electrons. The Labute approximate surface area is 96.7 Å². The van der Waals surface area contributed by atoms with Crippen LogP contribution in [0.2, 0.25) is 0 Å². The predicted molar refractivity (Wildman–Crippen MR) is 62.8 cm³/mol. The fraction of sp³-hybridized carbons (Fsp3) is 0.667. The van der Waals surface area contributed by atoms with Gasteiger partial charge in [0.25, 0.3) is 0 Å². The smallest absolute Gasteiger partial charge is 0.244 e. The lowest BCUT2D eigenvalue weighted by Gasteiger charge is -2.24. The molecule has 1 atom stereocenters. The zero-order valence-electron chi connectivity index (χ0n) is 10.2. The summed E-state index contributed by atoms with van der Waals surface area (Å²) in [6.45, 7) is 7.21. The van der Waals surface area contributed by atoms with Crippen LogP contribution in [0.1, 0.15) is 33.6 Å². The summed E-state index contributed by atoms with van der Waals surface area (Å²) in [7, 11) is 0. The number of amides is 1. The SMILES string of the molecule is CCN(CC)C(=O)C(C)NC1=CC(=O)CC1. The third-order valence-corrected chi connectivity index (χ3v) is 2.82. The van der Waals surface area contributed by atoms with E-state index in [4.69, 9.17) is 0 Å². The molecule has 0 fully saturated rings. The summed E-state index contributed by atoms with van der Waals surface area (Å²) in [6, 6.07) is -0.253. The Morgan fingerprint density at radius 2 is 2.06 bits per heavy atom. The molecule has 0 saturated carbocycles. The maximum Gasteiger partial charge on any atom is 0.244 e. The Balaban J connectivity index is 2.51. The Hall–Kier alpha value is -1.32. The molecule has 1 unspecified atom stereocenters. The fourth-order valence-corrected chi connectivity index (χ4v) is 1.86. The molecule has 0 saturated heterocycles. The average molecular weight is 224 g/mol. The molecule has 90 valence electrons. The summed E-state index contributed by atoms with van der Waals surface area (Å²) in [6.07, 6.45) is 2.90. The van der Waals surface area contributed by atoms with E-state index in [0.717, 1.165) is 25.2 Å². The summed E-state index contributed by atoms with van der Waals surface area (Å²) < 4.78 is 0. The Bertz CT molecular complexity index is 306. The molecule has 4 nitrogen and oxygen atoms in total. The zero-order valence-corrected chi connectivity index (χ0v) is 10.2. The molecule has 0 bridgehead atoms. The minimum Gasteiger partial charge on any atom is -0.377 e. The lowest BCUT2D eigenvalue weighted by atomic mass is 10.2. The van der Waals surface area contributed by atoms with Gasteiger partial charge < -0.3 is 10.2 Å². The van der Waals surface area contributed by atoms with E-state index in [9.17, 15) is 9.59 Å². The molecule has 1 aliphatic rings. The number of ketones is 1. The van der Waals surface area contributed by atoms with Crippen molar-refractivity contribution in [3.63, 3.8) is 0 Å². The molecule has 1 rings (SSSR count). The van der Waals surface area contributed by atoms with Crippen LogP contribution in [-0.4, -0.2) is 35.7 Å². The van der Waals surface area contributed by atoms with E-state index in [1.54, 1.807) is 11.0 Å². The van der Waals surface area contributed by atoms with Crippen molar-refractivity contribution >= 4 is 11.7 Å². The first-order chi connectivity index (χ1) is 7.58. The first-order valence-electron chi connectivity index (χ1n) is 5.87. The Morgan fingerprint density at radius 3 is 2.50 bits per heavy atom. The van der Waals surface area contributed by atoms with Gasteiger partial charge in [0.1, 0.15) is 6.04 Å². The van der Waals surface area contributed by atoms with Crippen LogP contribution in [0.3, 0.4) is 0 Å². The number of nitrogens with one attached hydrogen (secondary N) is 1. The highest BCUT2D eigenvalue weighted by Gasteiger charge is 2.20. The summed E-state index contributed by atoms with van der Waals surface area (Å²) >= 11 is 0. The Kier molecular flexibility index (Phi) is 4.52. The van der Waals surface area contributed by atoms with Crippen molar-refractivity contribution in [1.29, 1.82) is 0 Å². The molecule has 1 N–H and O–H groups in total. The van der Waals surface area contributed by atoms with Crippen molar-refractivity contribution < 1.29 is 9.59 Å². The first kappa shape index (κ1) is 12.7. The van der Waals surface area contributed by atoms with Crippen LogP contribution in [0, 0.1) is 0 Å². The van der Waals surface area contributed by atoms with Crippen molar-refractivity contribution in [2.45, 2.75) is 39.7 Å². The van der Waals surface area contributed by atoms with E-state index in [-0.39, 0.29) is 17.7 Å². The quantitative estimate of drug-likeness (QED) is 0.760. The molecule has 0 aromatic heterocycles. The van der Waals surface area contributed by atoms with Gasteiger partial charge in [-0.1, -0.05) is 0 Å². The number of rotatable bonds is 5. The number of hydrogen-bond acceptors (Lipinski definition) is 3. The number of allylic oxidation sites excluding steroid dienone is 2.